The Kier molecular flexibility index (Phi) is 4.34. The maximum atomic E-state index is 12.3. The summed E-state index contributed by atoms with van der Waals surface area (Å²) in [5.41, 5.74) is 2.28. The van der Waals surface area contributed by atoms with E-state index in [-0.39, 0.29) is 11.9 Å². The van der Waals surface area contributed by atoms with Gasteiger partial charge in [-0.2, -0.15) is 0 Å². The molecule has 0 bridgehead atoms. The molecule has 0 radical (unpaired) electrons. The van der Waals surface area contributed by atoms with Gasteiger partial charge in [0.25, 0.3) is 5.91 Å². The van der Waals surface area contributed by atoms with Crippen LogP contribution in [0.1, 0.15) is 38.9 Å². The first kappa shape index (κ1) is 14.5. The van der Waals surface area contributed by atoms with Crippen molar-refractivity contribution in [1.82, 2.24) is 15.3 Å². The molecule has 1 unspecified atom stereocenters. The summed E-state index contributed by atoms with van der Waals surface area (Å²) in [5, 5.41) is 7.00. The van der Waals surface area contributed by atoms with Gasteiger partial charge >= 0.3 is 0 Å². The van der Waals surface area contributed by atoms with E-state index in [0.717, 1.165) is 21.3 Å². The van der Waals surface area contributed by atoms with Crippen LogP contribution in [0.3, 0.4) is 0 Å². The molecule has 2 N–H and O–H groups in total. The average molecular weight is 290 g/mol. The molecule has 1 amide bonds. The molecule has 1 atom stereocenters. The van der Waals surface area contributed by atoms with Gasteiger partial charge in [0.15, 0.2) is 0 Å². The summed E-state index contributed by atoms with van der Waals surface area (Å²) < 4.78 is 0. The van der Waals surface area contributed by atoms with Crippen molar-refractivity contribution in [2.24, 2.45) is 0 Å². The van der Waals surface area contributed by atoms with Gasteiger partial charge in [-0.15, -0.1) is 11.3 Å². The highest BCUT2D eigenvalue weighted by molar-refractivity contribution is 7.11. The number of pyridine rings is 1. The summed E-state index contributed by atoms with van der Waals surface area (Å²) in [6.07, 6.45) is 3.22. The third kappa shape index (κ3) is 2.96. The lowest BCUT2D eigenvalue weighted by molar-refractivity contribution is 0.0941. The van der Waals surface area contributed by atoms with Gasteiger partial charge in [-0.3, -0.25) is 9.78 Å². The zero-order chi connectivity index (χ0) is 14.7. The minimum absolute atomic E-state index is 0.0707. The van der Waals surface area contributed by atoms with E-state index < -0.39 is 0 Å². The molecule has 0 fully saturated rings. The van der Waals surface area contributed by atoms with Gasteiger partial charge in [0.1, 0.15) is 0 Å². The Bertz CT molecular complexity index is 623. The number of aromatic nitrogens is 2. The molecule has 20 heavy (non-hydrogen) atoms. The van der Waals surface area contributed by atoms with Crippen LogP contribution in [0.5, 0.6) is 0 Å². The zero-order valence-corrected chi connectivity index (χ0v) is 12.8. The van der Waals surface area contributed by atoms with Crippen molar-refractivity contribution >= 4 is 22.9 Å². The van der Waals surface area contributed by atoms with E-state index in [1.165, 1.54) is 0 Å². The summed E-state index contributed by atoms with van der Waals surface area (Å²) in [6.45, 7) is 5.90. The number of nitrogens with zero attached hydrogens (tertiary/aromatic N) is 2. The number of carbonyl (C=O) groups is 1. The predicted molar refractivity (Wildman–Crippen MR) is 81.3 cm³/mol. The Balaban J connectivity index is 2.17. The van der Waals surface area contributed by atoms with Crippen LogP contribution >= 0.6 is 11.3 Å². The van der Waals surface area contributed by atoms with Crippen LogP contribution in [-0.2, 0) is 0 Å². The maximum absolute atomic E-state index is 12.3. The van der Waals surface area contributed by atoms with Gasteiger partial charge in [0.2, 0.25) is 0 Å². The normalized spacial score (nSPS) is 12.0. The number of amides is 1. The first-order valence-corrected chi connectivity index (χ1v) is 7.21. The van der Waals surface area contributed by atoms with Crippen molar-refractivity contribution in [3.8, 4) is 0 Å². The van der Waals surface area contributed by atoms with Gasteiger partial charge in [-0.25, -0.2) is 4.98 Å². The van der Waals surface area contributed by atoms with Gasteiger partial charge < -0.3 is 10.6 Å². The van der Waals surface area contributed by atoms with Crippen molar-refractivity contribution in [1.29, 1.82) is 0 Å². The first-order valence-electron chi connectivity index (χ1n) is 6.39. The second kappa shape index (κ2) is 6.00. The van der Waals surface area contributed by atoms with Crippen molar-refractivity contribution in [2.75, 3.05) is 12.4 Å². The van der Waals surface area contributed by atoms with Gasteiger partial charge in [-0.05, 0) is 26.8 Å². The molecule has 0 saturated carbocycles. The Morgan fingerprint density at radius 3 is 2.75 bits per heavy atom. The number of aryl methyl sites for hydroxylation is 2. The number of anilines is 1. The van der Waals surface area contributed by atoms with Crippen molar-refractivity contribution in [3.63, 3.8) is 0 Å². The molecule has 0 aliphatic heterocycles. The number of thiazole rings is 1. The minimum Gasteiger partial charge on any atom is -0.387 e. The van der Waals surface area contributed by atoms with Crippen LogP contribution in [0.4, 0.5) is 5.69 Å². The summed E-state index contributed by atoms with van der Waals surface area (Å²) in [4.78, 5) is 21.8. The summed E-state index contributed by atoms with van der Waals surface area (Å²) >= 11 is 1.61. The highest BCUT2D eigenvalue weighted by atomic mass is 32.1. The molecule has 2 aromatic heterocycles. The van der Waals surface area contributed by atoms with Crippen LogP contribution in [0.2, 0.25) is 0 Å². The average Bonchev–Trinajstić information content (AvgIpc) is 2.77. The largest absolute Gasteiger partial charge is 0.387 e. The Hall–Kier alpha value is -1.95. The second-order valence-corrected chi connectivity index (χ2v) is 5.78. The molecule has 2 rings (SSSR count). The zero-order valence-electron chi connectivity index (χ0n) is 12.0. The van der Waals surface area contributed by atoms with Crippen LogP contribution < -0.4 is 10.6 Å². The molecule has 106 valence electrons. The summed E-state index contributed by atoms with van der Waals surface area (Å²) in [5.74, 6) is -0.139. The maximum Gasteiger partial charge on any atom is 0.255 e. The molecule has 6 heteroatoms. The lowest BCUT2D eigenvalue weighted by Gasteiger charge is -2.14. The Morgan fingerprint density at radius 2 is 2.15 bits per heavy atom. The molecule has 2 heterocycles. The molecule has 2 aromatic rings. The molecule has 0 spiro atoms. The monoisotopic (exact) mass is 290 g/mol. The highest BCUT2D eigenvalue weighted by Gasteiger charge is 2.18. The molecular formula is C14H18N4OS. The van der Waals surface area contributed by atoms with Gasteiger partial charge in [-0.1, -0.05) is 0 Å². The SMILES string of the molecule is CNc1ccncc1C(=O)NC(C)c1sc(C)nc1C. The van der Waals surface area contributed by atoms with E-state index in [1.54, 1.807) is 36.8 Å². The van der Waals surface area contributed by atoms with Crippen LogP contribution in [0.25, 0.3) is 0 Å². The van der Waals surface area contributed by atoms with E-state index in [9.17, 15) is 4.79 Å². The van der Waals surface area contributed by atoms with E-state index in [2.05, 4.69) is 20.6 Å². The fourth-order valence-corrected chi connectivity index (χ4v) is 3.01. The summed E-state index contributed by atoms with van der Waals surface area (Å²) in [6, 6.07) is 1.71. The van der Waals surface area contributed by atoms with E-state index in [0.29, 0.717) is 5.56 Å². The van der Waals surface area contributed by atoms with Crippen LogP contribution in [0.15, 0.2) is 18.5 Å². The smallest absolute Gasteiger partial charge is 0.255 e. The lowest BCUT2D eigenvalue weighted by atomic mass is 10.2. The van der Waals surface area contributed by atoms with Gasteiger partial charge in [0.05, 0.1) is 22.3 Å². The van der Waals surface area contributed by atoms with Crippen LogP contribution in [-0.4, -0.2) is 22.9 Å². The number of rotatable bonds is 4. The minimum atomic E-state index is -0.139. The van der Waals surface area contributed by atoms with Crippen LogP contribution in [0, 0.1) is 13.8 Å². The number of hydrogen-bond donors (Lipinski definition) is 2. The molecule has 0 aliphatic carbocycles. The van der Waals surface area contributed by atoms with E-state index in [4.69, 9.17) is 0 Å². The Morgan fingerprint density at radius 1 is 1.40 bits per heavy atom. The quantitative estimate of drug-likeness (QED) is 0.908. The summed E-state index contributed by atoms with van der Waals surface area (Å²) in [7, 11) is 1.78. The molecular weight excluding hydrogens is 272 g/mol. The topological polar surface area (TPSA) is 66.9 Å². The van der Waals surface area contributed by atoms with E-state index in [1.807, 2.05) is 20.8 Å². The predicted octanol–water partition coefficient (Wildman–Crippen LogP) is 2.69. The standard InChI is InChI=1S/C14H18N4OS/c1-8-13(20-10(3)17-8)9(2)18-14(19)11-7-16-6-5-12(11)15-4/h5-7,9H,1-4H3,(H,15,16)(H,18,19). The fraction of sp³-hybridized carbons (Fsp3) is 0.357. The Labute approximate surface area is 122 Å². The fourth-order valence-electron chi connectivity index (χ4n) is 2.08. The van der Waals surface area contributed by atoms with Crippen molar-refractivity contribution in [2.45, 2.75) is 26.8 Å². The lowest BCUT2D eigenvalue weighted by Crippen LogP contribution is -2.27. The second-order valence-electron chi connectivity index (χ2n) is 4.55. The molecule has 5 nitrogen and oxygen atoms in total. The number of nitrogens with one attached hydrogen (secondary N) is 2. The van der Waals surface area contributed by atoms with E-state index >= 15 is 0 Å². The van der Waals surface area contributed by atoms with Crippen molar-refractivity contribution in [3.05, 3.63) is 39.6 Å². The first-order chi connectivity index (χ1) is 9.52. The number of carbonyl (C=O) groups excluding carboxylic acids is 1. The third-order valence-corrected chi connectivity index (χ3v) is 4.27. The molecule has 0 saturated heterocycles. The van der Waals surface area contributed by atoms with Gasteiger partial charge in [0, 0.05) is 30.0 Å². The van der Waals surface area contributed by atoms with Crippen molar-refractivity contribution < 1.29 is 4.79 Å². The highest BCUT2D eigenvalue weighted by Crippen LogP contribution is 2.25. The number of hydrogen-bond acceptors (Lipinski definition) is 5. The third-order valence-electron chi connectivity index (χ3n) is 3.02. The molecule has 0 aliphatic rings. The molecule has 0 aromatic carbocycles.